The fourth-order valence-electron chi connectivity index (χ4n) is 4.02. The van der Waals surface area contributed by atoms with Crippen LogP contribution in [-0.2, 0) is 4.74 Å². The van der Waals surface area contributed by atoms with Crippen molar-refractivity contribution in [3.63, 3.8) is 0 Å². The quantitative estimate of drug-likeness (QED) is 0.792. The molecular weight excluding hydrogens is 374 g/mol. The van der Waals surface area contributed by atoms with Crippen LogP contribution in [0.1, 0.15) is 17.2 Å². The van der Waals surface area contributed by atoms with E-state index in [1.165, 1.54) is 11.1 Å². The maximum absolute atomic E-state index is 12.8. The number of nitrogens with zero attached hydrogens (tertiary/aromatic N) is 3. The number of rotatable bonds is 3. The summed E-state index contributed by atoms with van der Waals surface area (Å²) in [7, 11) is 0. The fraction of sp³-hybridized carbons (Fsp3) is 0.409. The third-order valence-corrected chi connectivity index (χ3v) is 5.78. The van der Waals surface area contributed by atoms with Gasteiger partial charge in [-0.2, -0.15) is 0 Å². The average Bonchev–Trinajstić information content (AvgIpc) is 2.77. The van der Waals surface area contributed by atoms with Crippen molar-refractivity contribution in [1.29, 1.82) is 0 Å². The minimum atomic E-state index is 0.144. The summed E-state index contributed by atoms with van der Waals surface area (Å²) in [6.45, 7) is 5.83. The van der Waals surface area contributed by atoms with Crippen LogP contribution in [0.25, 0.3) is 0 Å². The summed E-state index contributed by atoms with van der Waals surface area (Å²) < 4.78 is 5.36. The largest absolute Gasteiger partial charge is 0.378 e. The van der Waals surface area contributed by atoms with Crippen LogP contribution >= 0.6 is 11.6 Å². The molecule has 2 saturated heterocycles. The summed E-state index contributed by atoms with van der Waals surface area (Å²) in [6.07, 6.45) is 0. The molecule has 2 aliphatic rings. The second-order valence-electron chi connectivity index (χ2n) is 7.27. The van der Waals surface area contributed by atoms with Crippen molar-refractivity contribution in [2.45, 2.75) is 6.04 Å². The normalized spacial score (nSPS) is 19.5. The molecule has 2 heterocycles. The first-order valence-corrected chi connectivity index (χ1v) is 10.3. The van der Waals surface area contributed by atoms with Crippen LogP contribution in [0.3, 0.4) is 0 Å². The first-order valence-electron chi connectivity index (χ1n) is 9.88. The van der Waals surface area contributed by atoms with Crippen molar-refractivity contribution in [2.24, 2.45) is 0 Å². The number of carbonyl (C=O) groups excluding carboxylic acids is 1. The zero-order chi connectivity index (χ0) is 19.3. The summed E-state index contributed by atoms with van der Waals surface area (Å²) in [6, 6.07) is 19.0. The molecule has 28 heavy (non-hydrogen) atoms. The Hall–Kier alpha value is -2.08. The smallest absolute Gasteiger partial charge is 0.320 e. The highest BCUT2D eigenvalue weighted by Crippen LogP contribution is 2.30. The van der Waals surface area contributed by atoms with Crippen molar-refractivity contribution < 1.29 is 9.53 Å². The summed E-state index contributed by atoms with van der Waals surface area (Å²) in [4.78, 5) is 19.1. The van der Waals surface area contributed by atoms with Gasteiger partial charge in [-0.1, -0.05) is 54.1 Å². The number of urea groups is 1. The fourth-order valence-corrected chi connectivity index (χ4v) is 4.15. The average molecular weight is 400 g/mol. The zero-order valence-electron chi connectivity index (χ0n) is 16.0. The highest BCUT2D eigenvalue weighted by atomic mass is 35.5. The summed E-state index contributed by atoms with van der Waals surface area (Å²) in [5, 5.41) is 0.747. The molecule has 6 heteroatoms. The molecule has 2 amide bonds. The second kappa shape index (κ2) is 8.95. The van der Waals surface area contributed by atoms with Gasteiger partial charge in [-0.15, -0.1) is 0 Å². The molecule has 0 radical (unpaired) electrons. The Morgan fingerprint density at radius 3 is 2.00 bits per heavy atom. The lowest BCUT2D eigenvalue weighted by Crippen LogP contribution is -2.55. The topological polar surface area (TPSA) is 36.0 Å². The Morgan fingerprint density at radius 1 is 0.786 bits per heavy atom. The van der Waals surface area contributed by atoms with Gasteiger partial charge in [-0.3, -0.25) is 4.90 Å². The maximum atomic E-state index is 12.8. The van der Waals surface area contributed by atoms with E-state index in [2.05, 4.69) is 41.3 Å². The first kappa shape index (κ1) is 19.2. The van der Waals surface area contributed by atoms with Crippen LogP contribution in [0.4, 0.5) is 4.79 Å². The Kier molecular flexibility index (Phi) is 6.15. The Morgan fingerprint density at radius 2 is 1.36 bits per heavy atom. The van der Waals surface area contributed by atoms with Gasteiger partial charge in [0.05, 0.1) is 19.3 Å². The zero-order valence-corrected chi connectivity index (χ0v) is 16.7. The monoisotopic (exact) mass is 399 g/mol. The van der Waals surface area contributed by atoms with Crippen molar-refractivity contribution >= 4 is 17.6 Å². The van der Waals surface area contributed by atoms with E-state index in [1.807, 2.05) is 28.0 Å². The molecule has 5 nitrogen and oxygen atoms in total. The van der Waals surface area contributed by atoms with E-state index in [0.717, 1.165) is 31.2 Å². The van der Waals surface area contributed by atoms with E-state index < -0.39 is 0 Å². The van der Waals surface area contributed by atoms with E-state index in [0.29, 0.717) is 26.3 Å². The molecule has 148 valence electrons. The number of carbonyl (C=O) groups is 1. The number of benzene rings is 2. The van der Waals surface area contributed by atoms with Crippen LogP contribution in [-0.4, -0.2) is 73.2 Å². The van der Waals surface area contributed by atoms with Crippen LogP contribution in [0.2, 0.25) is 5.02 Å². The number of hydrogen-bond acceptors (Lipinski definition) is 3. The summed E-state index contributed by atoms with van der Waals surface area (Å²) in [5.74, 6) is 0. The van der Waals surface area contributed by atoms with E-state index in [1.54, 1.807) is 0 Å². The third-order valence-electron chi connectivity index (χ3n) is 5.53. The van der Waals surface area contributed by atoms with Crippen LogP contribution in [0, 0.1) is 0 Å². The molecule has 1 atom stereocenters. The van der Waals surface area contributed by atoms with Crippen LogP contribution in [0.15, 0.2) is 54.6 Å². The maximum Gasteiger partial charge on any atom is 0.320 e. The molecule has 0 N–H and O–H groups in total. The number of hydrogen-bond donors (Lipinski definition) is 0. The van der Waals surface area contributed by atoms with E-state index in [9.17, 15) is 4.79 Å². The minimum Gasteiger partial charge on any atom is -0.378 e. The van der Waals surface area contributed by atoms with E-state index >= 15 is 0 Å². The van der Waals surface area contributed by atoms with E-state index in [-0.39, 0.29) is 12.1 Å². The lowest BCUT2D eigenvalue weighted by atomic mass is 9.96. The number of halogens is 1. The molecule has 4 rings (SSSR count). The molecule has 2 aliphatic heterocycles. The molecule has 0 bridgehead atoms. The Labute approximate surface area is 171 Å². The molecule has 2 aromatic carbocycles. The first-order chi connectivity index (χ1) is 13.7. The van der Waals surface area contributed by atoms with Crippen molar-refractivity contribution in [2.75, 3.05) is 52.5 Å². The molecule has 2 aromatic rings. The lowest BCUT2D eigenvalue weighted by molar-refractivity contribution is 0.0359. The van der Waals surface area contributed by atoms with Gasteiger partial charge in [0.25, 0.3) is 0 Å². The molecule has 0 aromatic heterocycles. The number of morpholine rings is 1. The van der Waals surface area contributed by atoms with Gasteiger partial charge in [-0.25, -0.2) is 4.79 Å². The predicted molar refractivity (Wildman–Crippen MR) is 111 cm³/mol. The number of amides is 2. The molecule has 0 spiro atoms. The Balaban J connectivity index is 1.48. The molecular formula is C22H26ClN3O2. The number of piperazine rings is 1. The van der Waals surface area contributed by atoms with Gasteiger partial charge >= 0.3 is 6.03 Å². The van der Waals surface area contributed by atoms with Gasteiger partial charge in [-0.05, 0) is 23.3 Å². The summed E-state index contributed by atoms with van der Waals surface area (Å²) in [5.41, 5.74) is 2.49. The van der Waals surface area contributed by atoms with Crippen molar-refractivity contribution in [3.05, 3.63) is 70.7 Å². The molecule has 0 unspecified atom stereocenters. The van der Waals surface area contributed by atoms with Crippen molar-refractivity contribution in [1.82, 2.24) is 14.7 Å². The summed E-state index contributed by atoms with van der Waals surface area (Å²) >= 11 is 6.10. The number of ether oxygens (including phenoxy) is 1. The van der Waals surface area contributed by atoms with Crippen molar-refractivity contribution in [3.8, 4) is 0 Å². The predicted octanol–water partition coefficient (Wildman–Crippen LogP) is 3.50. The van der Waals surface area contributed by atoms with Gasteiger partial charge < -0.3 is 14.5 Å². The Bertz CT molecular complexity index is 770. The highest BCUT2D eigenvalue weighted by Gasteiger charge is 2.30. The minimum absolute atomic E-state index is 0.144. The van der Waals surface area contributed by atoms with Gasteiger partial charge in [0, 0.05) is 44.3 Å². The third kappa shape index (κ3) is 4.32. The highest BCUT2D eigenvalue weighted by molar-refractivity contribution is 6.30. The molecule has 2 fully saturated rings. The SMILES string of the molecule is O=C(N1CCOCC1)N1CCN([C@@H](c2ccccc2)c2ccc(Cl)cc2)CC1. The van der Waals surface area contributed by atoms with Gasteiger partial charge in [0.15, 0.2) is 0 Å². The second-order valence-corrected chi connectivity index (χ2v) is 7.71. The van der Waals surface area contributed by atoms with Crippen LogP contribution < -0.4 is 0 Å². The molecule has 0 saturated carbocycles. The van der Waals surface area contributed by atoms with Gasteiger partial charge in [0.2, 0.25) is 0 Å². The standard InChI is InChI=1S/C22H26ClN3O2/c23-20-8-6-19(7-9-20)21(18-4-2-1-3-5-18)24-10-12-25(13-11-24)22(27)26-14-16-28-17-15-26/h1-9,21H,10-17H2/t21-/m0/s1. The van der Waals surface area contributed by atoms with Crippen LogP contribution in [0.5, 0.6) is 0 Å². The van der Waals surface area contributed by atoms with E-state index in [4.69, 9.17) is 16.3 Å². The lowest BCUT2D eigenvalue weighted by Gasteiger charge is -2.41. The van der Waals surface area contributed by atoms with Gasteiger partial charge in [0.1, 0.15) is 0 Å². The molecule has 0 aliphatic carbocycles.